The molecule has 1 saturated heterocycles. The van der Waals surface area contributed by atoms with Gasteiger partial charge in [0.2, 0.25) is 0 Å². The smallest absolute Gasteiger partial charge is 0.191 e. The number of ether oxygens (including phenoxy) is 1. The summed E-state index contributed by atoms with van der Waals surface area (Å²) in [6.07, 6.45) is 0. The zero-order chi connectivity index (χ0) is 18.2. The third kappa shape index (κ3) is 5.90. The standard InChI is InChI=1S/C19H33N5O/c1-15-6-7-17(18(12-15)25-5)14-22-19(20-3)21-13-16(2)24-10-8-23(4)9-11-24/h6-7,12,16H,8-11,13-14H2,1-5H3,(H2,20,21,22). The molecule has 1 aliphatic rings. The Bertz CT molecular complexity index is 567. The van der Waals surface area contributed by atoms with Gasteiger partial charge < -0.3 is 20.3 Å². The van der Waals surface area contributed by atoms with Crippen LogP contribution in [0.25, 0.3) is 0 Å². The minimum absolute atomic E-state index is 0.487. The third-order valence-corrected chi connectivity index (χ3v) is 4.84. The van der Waals surface area contributed by atoms with Crippen molar-refractivity contribution in [2.24, 2.45) is 4.99 Å². The minimum Gasteiger partial charge on any atom is -0.496 e. The highest BCUT2D eigenvalue weighted by Crippen LogP contribution is 2.19. The van der Waals surface area contributed by atoms with Gasteiger partial charge in [-0.15, -0.1) is 0 Å². The Labute approximate surface area is 152 Å². The molecule has 6 nitrogen and oxygen atoms in total. The Kier molecular flexibility index (Phi) is 7.52. The number of aryl methyl sites for hydroxylation is 1. The number of nitrogens with zero attached hydrogens (tertiary/aromatic N) is 3. The molecule has 1 atom stereocenters. The number of hydrogen-bond donors (Lipinski definition) is 2. The molecule has 0 aliphatic carbocycles. The van der Waals surface area contributed by atoms with Crippen LogP contribution in [0, 0.1) is 6.92 Å². The van der Waals surface area contributed by atoms with E-state index < -0.39 is 0 Å². The lowest BCUT2D eigenvalue weighted by molar-refractivity contribution is 0.120. The van der Waals surface area contributed by atoms with Gasteiger partial charge >= 0.3 is 0 Å². The lowest BCUT2D eigenvalue weighted by Crippen LogP contribution is -2.52. The van der Waals surface area contributed by atoms with Crippen molar-refractivity contribution in [1.29, 1.82) is 0 Å². The van der Waals surface area contributed by atoms with Crippen molar-refractivity contribution in [2.75, 3.05) is 53.9 Å². The largest absolute Gasteiger partial charge is 0.496 e. The van der Waals surface area contributed by atoms with Gasteiger partial charge in [-0.3, -0.25) is 9.89 Å². The predicted octanol–water partition coefficient (Wildman–Crippen LogP) is 1.30. The summed E-state index contributed by atoms with van der Waals surface area (Å²) in [6, 6.07) is 6.75. The van der Waals surface area contributed by atoms with Gasteiger partial charge in [0.25, 0.3) is 0 Å². The fourth-order valence-corrected chi connectivity index (χ4v) is 3.03. The monoisotopic (exact) mass is 347 g/mol. The molecule has 1 unspecified atom stereocenters. The van der Waals surface area contributed by atoms with E-state index in [2.05, 4.69) is 64.5 Å². The summed E-state index contributed by atoms with van der Waals surface area (Å²) in [5, 5.41) is 6.82. The maximum Gasteiger partial charge on any atom is 0.191 e. The van der Waals surface area contributed by atoms with Crippen LogP contribution >= 0.6 is 0 Å². The second-order valence-electron chi connectivity index (χ2n) is 6.81. The zero-order valence-corrected chi connectivity index (χ0v) is 16.3. The Morgan fingerprint density at radius 2 is 1.96 bits per heavy atom. The van der Waals surface area contributed by atoms with Crippen molar-refractivity contribution >= 4 is 5.96 Å². The highest BCUT2D eigenvalue weighted by atomic mass is 16.5. The van der Waals surface area contributed by atoms with Crippen LogP contribution in [0.1, 0.15) is 18.1 Å². The van der Waals surface area contributed by atoms with Crippen molar-refractivity contribution in [3.8, 4) is 5.75 Å². The molecule has 1 aliphatic heterocycles. The van der Waals surface area contributed by atoms with E-state index in [0.717, 1.165) is 50.0 Å². The van der Waals surface area contributed by atoms with E-state index in [-0.39, 0.29) is 0 Å². The highest BCUT2D eigenvalue weighted by molar-refractivity contribution is 5.79. The van der Waals surface area contributed by atoms with Crippen LogP contribution in [0.2, 0.25) is 0 Å². The molecule has 1 aromatic carbocycles. The number of likely N-dealkylation sites (N-methyl/N-ethyl adjacent to an activating group) is 1. The number of nitrogens with one attached hydrogen (secondary N) is 2. The molecule has 0 radical (unpaired) electrons. The first-order chi connectivity index (χ1) is 12.0. The third-order valence-electron chi connectivity index (χ3n) is 4.84. The molecule has 2 rings (SSSR count). The van der Waals surface area contributed by atoms with E-state index in [4.69, 9.17) is 4.74 Å². The normalized spacial score (nSPS) is 18.0. The highest BCUT2D eigenvalue weighted by Gasteiger charge is 2.19. The van der Waals surface area contributed by atoms with E-state index in [1.165, 1.54) is 5.56 Å². The Balaban J connectivity index is 1.81. The molecule has 0 spiro atoms. The van der Waals surface area contributed by atoms with Gasteiger partial charge in [0.1, 0.15) is 5.75 Å². The second-order valence-corrected chi connectivity index (χ2v) is 6.81. The molecule has 0 aromatic heterocycles. The Morgan fingerprint density at radius 1 is 1.24 bits per heavy atom. The van der Waals surface area contributed by atoms with Crippen LogP contribution in [0.4, 0.5) is 0 Å². The summed E-state index contributed by atoms with van der Waals surface area (Å²) in [5.41, 5.74) is 2.33. The summed E-state index contributed by atoms with van der Waals surface area (Å²) in [5.74, 6) is 1.73. The molecule has 0 saturated carbocycles. The summed E-state index contributed by atoms with van der Waals surface area (Å²) in [4.78, 5) is 9.24. The molecule has 140 valence electrons. The lowest BCUT2D eigenvalue weighted by Gasteiger charge is -2.36. The Hall–Kier alpha value is -1.79. The molecular formula is C19H33N5O. The lowest BCUT2D eigenvalue weighted by atomic mass is 10.1. The van der Waals surface area contributed by atoms with Crippen LogP contribution in [0.5, 0.6) is 5.75 Å². The predicted molar refractivity (Wildman–Crippen MR) is 104 cm³/mol. The molecule has 1 heterocycles. The first-order valence-corrected chi connectivity index (χ1v) is 9.04. The van der Waals surface area contributed by atoms with Gasteiger partial charge in [-0.1, -0.05) is 12.1 Å². The molecule has 2 N–H and O–H groups in total. The van der Waals surface area contributed by atoms with E-state index in [9.17, 15) is 0 Å². The zero-order valence-electron chi connectivity index (χ0n) is 16.3. The van der Waals surface area contributed by atoms with Crippen molar-refractivity contribution < 1.29 is 4.74 Å². The van der Waals surface area contributed by atoms with Gasteiger partial charge in [-0.25, -0.2) is 0 Å². The van der Waals surface area contributed by atoms with Gasteiger partial charge in [0.05, 0.1) is 7.11 Å². The maximum atomic E-state index is 5.47. The SMILES string of the molecule is CN=C(NCc1ccc(C)cc1OC)NCC(C)N1CCN(C)CC1. The number of piperazine rings is 1. The number of benzene rings is 1. The van der Waals surface area contributed by atoms with Crippen molar-refractivity contribution in [1.82, 2.24) is 20.4 Å². The molecule has 6 heteroatoms. The number of aliphatic imine (C=N–C) groups is 1. The van der Waals surface area contributed by atoms with Gasteiger partial charge in [-0.05, 0) is 32.5 Å². The summed E-state index contributed by atoms with van der Waals surface area (Å²) < 4.78 is 5.47. The molecular weight excluding hydrogens is 314 g/mol. The Morgan fingerprint density at radius 3 is 2.60 bits per heavy atom. The topological polar surface area (TPSA) is 52.1 Å². The fourth-order valence-electron chi connectivity index (χ4n) is 3.03. The van der Waals surface area contributed by atoms with Crippen LogP contribution in [0.15, 0.2) is 23.2 Å². The van der Waals surface area contributed by atoms with Crippen molar-refractivity contribution in [2.45, 2.75) is 26.4 Å². The second kappa shape index (κ2) is 9.63. The summed E-state index contributed by atoms with van der Waals surface area (Å²) in [7, 11) is 5.71. The first-order valence-electron chi connectivity index (χ1n) is 9.04. The number of guanidine groups is 1. The van der Waals surface area contributed by atoms with E-state index in [0.29, 0.717) is 12.6 Å². The summed E-state index contributed by atoms with van der Waals surface area (Å²) in [6.45, 7) is 10.5. The minimum atomic E-state index is 0.487. The number of rotatable bonds is 6. The fraction of sp³-hybridized carbons (Fsp3) is 0.632. The molecule has 1 fully saturated rings. The number of hydrogen-bond acceptors (Lipinski definition) is 4. The number of methoxy groups -OCH3 is 1. The summed E-state index contributed by atoms with van der Waals surface area (Å²) >= 11 is 0. The van der Waals surface area contributed by atoms with Gasteiger partial charge in [0, 0.05) is 57.9 Å². The van der Waals surface area contributed by atoms with Crippen LogP contribution in [0.3, 0.4) is 0 Å². The van der Waals surface area contributed by atoms with Crippen LogP contribution in [-0.2, 0) is 6.54 Å². The van der Waals surface area contributed by atoms with E-state index >= 15 is 0 Å². The average Bonchev–Trinajstić information content (AvgIpc) is 2.63. The van der Waals surface area contributed by atoms with Gasteiger partial charge in [0.15, 0.2) is 5.96 Å². The van der Waals surface area contributed by atoms with E-state index in [1.54, 1.807) is 7.11 Å². The maximum absolute atomic E-state index is 5.47. The van der Waals surface area contributed by atoms with Crippen LogP contribution in [-0.4, -0.2) is 75.7 Å². The van der Waals surface area contributed by atoms with Crippen molar-refractivity contribution in [3.63, 3.8) is 0 Å². The van der Waals surface area contributed by atoms with Gasteiger partial charge in [-0.2, -0.15) is 0 Å². The van der Waals surface area contributed by atoms with Crippen molar-refractivity contribution in [3.05, 3.63) is 29.3 Å². The molecule has 0 bridgehead atoms. The first kappa shape index (κ1) is 19.5. The molecule has 1 aromatic rings. The van der Waals surface area contributed by atoms with E-state index in [1.807, 2.05) is 7.05 Å². The molecule has 0 amide bonds. The average molecular weight is 348 g/mol. The molecule has 25 heavy (non-hydrogen) atoms. The van der Waals surface area contributed by atoms with Crippen LogP contribution < -0.4 is 15.4 Å². The quantitative estimate of drug-likeness (QED) is 0.600.